The molecule has 0 saturated carbocycles. The molecule has 124 valence electrons. The van der Waals surface area contributed by atoms with Crippen LogP contribution in [0, 0.1) is 5.82 Å². The Labute approximate surface area is 137 Å². The van der Waals surface area contributed by atoms with Crippen LogP contribution >= 0.6 is 0 Å². The zero-order valence-corrected chi connectivity index (χ0v) is 13.5. The predicted molar refractivity (Wildman–Crippen MR) is 89.7 cm³/mol. The fraction of sp³-hybridized carbons (Fsp3) is 0.368. The zero-order chi connectivity index (χ0) is 16.5. The maximum Gasteiger partial charge on any atom is 0.127 e. The standard InChI is InChI=1S/C19H24FNO2/c1-23-12-11-21(14-17-9-5-6-10-19(17)20)15-18(22)13-16-7-3-2-4-8-16/h2-10,18,22H,11-15H2,1H3/t18-/m0/s1. The van der Waals surface area contributed by atoms with Crippen LogP contribution in [0.2, 0.25) is 0 Å². The van der Waals surface area contributed by atoms with Crippen molar-refractivity contribution in [2.75, 3.05) is 26.8 Å². The van der Waals surface area contributed by atoms with Crippen LogP contribution in [0.5, 0.6) is 0 Å². The average molecular weight is 317 g/mol. The number of methoxy groups -OCH3 is 1. The van der Waals surface area contributed by atoms with Gasteiger partial charge >= 0.3 is 0 Å². The Balaban J connectivity index is 1.96. The van der Waals surface area contributed by atoms with Crippen molar-refractivity contribution in [3.8, 4) is 0 Å². The molecule has 0 heterocycles. The van der Waals surface area contributed by atoms with Gasteiger partial charge < -0.3 is 9.84 Å². The van der Waals surface area contributed by atoms with E-state index in [0.717, 1.165) is 5.56 Å². The molecule has 2 rings (SSSR count). The quantitative estimate of drug-likeness (QED) is 0.772. The van der Waals surface area contributed by atoms with E-state index >= 15 is 0 Å². The monoisotopic (exact) mass is 317 g/mol. The fourth-order valence-electron chi connectivity index (χ4n) is 2.57. The molecule has 0 aliphatic rings. The van der Waals surface area contributed by atoms with Crippen molar-refractivity contribution >= 4 is 0 Å². The minimum Gasteiger partial charge on any atom is -0.391 e. The predicted octanol–water partition coefficient (Wildman–Crippen LogP) is 2.88. The lowest BCUT2D eigenvalue weighted by atomic mass is 10.1. The number of halogens is 1. The van der Waals surface area contributed by atoms with Crippen molar-refractivity contribution in [3.63, 3.8) is 0 Å². The van der Waals surface area contributed by atoms with Gasteiger partial charge in [0.05, 0.1) is 12.7 Å². The number of benzene rings is 2. The zero-order valence-electron chi connectivity index (χ0n) is 13.5. The van der Waals surface area contributed by atoms with Gasteiger partial charge in [0.15, 0.2) is 0 Å². The Bertz CT molecular complexity index is 577. The van der Waals surface area contributed by atoms with Gasteiger partial charge in [-0.15, -0.1) is 0 Å². The van der Waals surface area contributed by atoms with Gasteiger partial charge in [-0.05, 0) is 18.1 Å². The molecular formula is C19H24FNO2. The first-order chi connectivity index (χ1) is 11.2. The summed E-state index contributed by atoms with van der Waals surface area (Å²) in [5.41, 5.74) is 1.73. The first kappa shape index (κ1) is 17.6. The summed E-state index contributed by atoms with van der Waals surface area (Å²) < 4.78 is 19.0. The molecular weight excluding hydrogens is 293 g/mol. The van der Waals surface area contributed by atoms with E-state index < -0.39 is 6.10 Å². The van der Waals surface area contributed by atoms with Crippen LogP contribution in [0.15, 0.2) is 54.6 Å². The Morgan fingerprint density at radius 1 is 1.09 bits per heavy atom. The van der Waals surface area contributed by atoms with Crippen LogP contribution in [0.25, 0.3) is 0 Å². The Kier molecular flexibility index (Phi) is 7.20. The van der Waals surface area contributed by atoms with Crippen molar-refractivity contribution in [3.05, 3.63) is 71.5 Å². The summed E-state index contributed by atoms with van der Waals surface area (Å²) in [4.78, 5) is 2.02. The van der Waals surface area contributed by atoms with E-state index in [0.29, 0.717) is 38.2 Å². The molecule has 1 atom stereocenters. The second-order valence-electron chi connectivity index (χ2n) is 5.66. The summed E-state index contributed by atoms with van der Waals surface area (Å²) in [7, 11) is 1.64. The minimum atomic E-state index is -0.499. The molecule has 2 aromatic rings. The lowest BCUT2D eigenvalue weighted by Crippen LogP contribution is -2.35. The second kappa shape index (κ2) is 9.40. The maximum atomic E-state index is 13.8. The molecule has 0 aliphatic carbocycles. The molecule has 0 amide bonds. The number of hydrogen-bond acceptors (Lipinski definition) is 3. The highest BCUT2D eigenvalue weighted by Gasteiger charge is 2.14. The largest absolute Gasteiger partial charge is 0.391 e. The highest BCUT2D eigenvalue weighted by Crippen LogP contribution is 2.11. The highest BCUT2D eigenvalue weighted by molar-refractivity contribution is 5.17. The van der Waals surface area contributed by atoms with Gasteiger partial charge in [-0.2, -0.15) is 0 Å². The van der Waals surface area contributed by atoms with Gasteiger partial charge in [-0.25, -0.2) is 4.39 Å². The van der Waals surface area contributed by atoms with Crippen LogP contribution in [-0.4, -0.2) is 42.9 Å². The summed E-state index contributed by atoms with van der Waals surface area (Å²) in [6, 6.07) is 16.6. The second-order valence-corrected chi connectivity index (χ2v) is 5.66. The topological polar surface area (TPSA) is 32.7 Å². The van der Waals surface area contributed by atoms with E-state index in [9.17, 15) is 9.50 Å². The molecule has 0 fully saturated rings. The minimum absolute atomic E-state index is 0.215. The molecule has 2 aromatic carbocycles. The normalized spacial score (nSPS) is 12.5. The summed E-state index contributed by atoms with van der Waals surface area (Å²) in [5.74, 6) is -0.215. The van der Waals surface area contributed by atoms with Gasteiger partial charge in [0.2, 0.25) is 0 Å². The lowest BCUT2D eigenvalue weighted by Gasteiger charge is -2.25. The van der Waals surface area contributed by atoms with E-state index in [-0.39, 0.29) is 5.82 Å². The molecule has 3 nitrogen and oxygen atoms in total. The number of hydrogen-bond donors (Lipinski definition) is 1. The van der Waals surface area contributed by atoms with E-state index in [1.807, 2.05) is 41.3 Å². The molecule has 0 aliphatic heterocycles. The van der Waals surface area contributed by atoms with Crippen molar-refractivity contribution < 1.29 is 14.2 Å². The smallest absolute Gasteiger partial charge is 0.127 e. The molecule has 0 aromatic heterocycles. The molecule has 23 heavy (non-hydrogen) atoms. The summed E-state index contributed by atoms with van der Waals surface area (Å²) in [6.45, 7) is 2.14. The van der Waals surface area contributed by atoms with E-state index in [2.05, 4.69) is 0 Å². The molecule has 0 unspecified atom stereocenters. The van der Waals surface area contributed by atoms with Crippen molar-refractivity contribution in [1.82, 2.24) is 4.90 Å². The lowest BCUT2D eigenvalue weighted by molar-refractivity contribution is 0.0845. The summed E-state index contributed by atoms with van der Waals surface area (Å²) in [6.07, 6.45) is 0.0859. The van der Waals surface area contributed by atoms with Crippen LogP contribution in [-0.2, 0) is 17.7 Å². The molecule has 4 heteroatoms. The third kappa shape index (κ3) is 6.10. The van der Waals surface area contributed by atoms with Gasteiger partial charge in [0.25, 0.3) is 0 Å². The third-order valence-electron chi connectivity index (χ3n) is 3.75. The number of rotatable bonds is 9. The van der Waals surface area contributed by atoms with Crippen LogP contribution in [0.4, 0.5) is 4.39 Å². The maximum absolute atomic E-state index is 13.8. The first-order valence-corrected chi connectivity index (χ1v) is 7.85. The van der Waals surface area contributed by atoms with Crippen LogP contribution < -0.4 is 0 Å². The number of ether oxygens (including phenoxy) is 1. The Hall–Kier alpha value is -1.75. The summed E-state index contributed by atoms with van der Waals surface area (Å²) >= 11 is 0. The molecule has 1 N–H and O–H groups in total. The van der Waals surface area contributed by atoms with Crippen molar-refractivity contribution in [2.24, 2.45) is 0 Å². The molecule has 0 saturated heterocycles. The highest BCUT2D eigenvalue weighted by atomic mass is 19.1. The van der Waals surface area contributed by atoms with Crippen molar-refractivity contribution in [2.45, 2.75) is 19.1 Å². The third-order valence-corrected chi connectivity index (χ3v) is 3.75. The van der Waals surface area contributed by atoms with E-state index in [1.54, 1.807) is 19.2 Å². The van der Waals surface area contributed by atoms with Gasteiger partial charge in [0.1, 0.15) is 5.82 Å². The molecule has 0 bridgehead atoms. The summed E-state index contributed by atoms with van der Waals surface area (Å²) in [5, 5.41) is 10.3. The van der Waals surface area contributed by atoms with Gasteiger partial charge in [-0.1, -0.05) is 48.5 Å². The number of nitrogens with zero attached hydrogens (tertiary/aromatic N) is 1. The number of aliphatic hydroxyl groups is 1. The first-order valence-electron chi connectivity index (χ1n) is 7.85. The van der Waals surface area contributed by atoms with Gasteiger partial charge in [-0.3, -0.25) is 4.90 Å². The van der Waals surface area contributed by atoms with Crippen LogP contribution in [0.1, 0.15) is 11.1 Å². The van der Waals surface area contributed by atoms with E-state index in [1.165, 1.54) is 6.07 Å². The molecule has 0 spiro atoms. The van der Waals surface area contributed by atoms with E-state index in [4.69, 9.17) is 4.74 Å². The van der Waals surface area contributed by atoms with Crippen molar-refractivity contribution in [1.29, 1.82) is 0 Å². The Morgan fingerprint density at radius 2 is 1.78 bits per heavy atom. The fourth-order valence-corrected chi connectivity index (χ4v) is 2.57. The average Bonchev–Trinajstić information content (AvgIpc) is 2.55. The number of aliphatic hydroxyl groups excluding tert-OH is 1. The Morgan fingerprint density at radius 3 is 2.48 bits per heavy atom. The molecule has 0 radical (unpaired) electrons. The van der Waals surface area contributed by atoms with Crippen LogP contribution in [0.3, 0.4) is 0 Å². The SMILES string of the molecule is COCCN(Cc1ccccc1F)C[C@@H](O)Cc1ccccc1. The van der Waals surface area contributed by atoms with Gasteiger partial charge in [0, 0.05) is 32.3 Å².